The SMILES string of the molecule is COC(C)CC1COc2ccc(Br)cc2O1. The minimum absolute atomic E-state index is 0.0664. The average molecular weight is 287 g/mol. The molecule has 1 aliphatic heterocycles. The maximum atomic E-state index is 5.85. The molecule has 0 fully saturated rings. The van der Waals surface area contributed by atoms with Gasteiger partial charge in [0.1, 0.15) is 12.7 Å². The van der Waals surface area contributed by atoms with Gasteiger partial charge in [-0.3, -0.25) is 0 Å². The topological polar surface area (TPSA) is 27.7 Å². The van der Waals surface area contributed by atoms with Crippen LogP contribution in [0.15, 0.2) is 22.7 Å². The van der Waals surface area contributed by atoms with Gasteiger partial charge in [0.05, 0.1) is 6.10 Å². The minimum atomic E-state index is 0.0664. The number of rotatable bonds is 3. The fourth-order valence-electron chi connectivity index (χ4n) is 1.67. The van der Waals surface area contributed by atoms with Gasteiger partial charge in [0.25, 0.3) is 0 Å². The van der Waals surface area contributed by atoms with E-state index in [0.29, 0.717) is 6.61 Å². The number of hydrogen-bond acceptors (Lipinski definition) is 3. The highest BCUT2D eigenvalue weighted by Gasteiger charge is 2.22. The van der Waals surface area contributed by atoms with Gasteiger partial charge in [0.2, 0.25) is 0 Å². The molecule has 0 radical (unpaired) electrons. The van der Waals surface area contributed by atoms with Crippen LogP contribution in [0.25, 0.3) is 0 Å². The molecule has 1 aromatic rings. The molecule has 88 valence electrons. The standard InChI is InChI=1S/C12H15BrO3/c1-8(14-2)5-10-7-15-11-4-3-9(13)6-12(11)16-10/h3-4,6,8,10H,5,7H2,1-2H3. The van der Waals surface area contributed by atoms with E-state index in [1.807, 2.05) is 25.1 Å². The predicted octanol–water partition coefficient (Wildman–Crippen LogP) is 3.01. The molecule has 16 heavy (non-hydrogen) atoms. The van der Waals surface area contributed by atoms with Gasteiger partial charge in [-0.25, -0.2) is 0 Å². The normalized spacial score (nSPS) is 20.6. The Kier molecular flexibility index (Phi) is 3.71. The smallest absolute Gasteiger partial charge is 0.162 e. The van der Waals surface area contributed by atoms with Crippen molar-refractivity contribution >= 4 is 15.9 Å². The van der Waals surface area contributed by atoms with E-state index in [1.165, 1.54) is 0 Å². The fraction of sp³-hybridized carbons (Fsp3) is 0.500. The van der Waals surface area contributed by atoms with Crippen LogP contribution < -0.4 is 9.47 Å². The van der Waals surface area contributed by atoms with Crippen LogP contribution in [0.4, 0.5) is 0 Å². The second kappa shape index (κ2) is 5.06. The Morgan fingerprint density at radius 1 is 1.50 bits per heavy atom. The summed E-state index contributed by atoms with van der Waals surface area (Å²) in [6.07, 6.45) is 1.08. The van der Waals surface area contributed by atoms with E-state index in [9.17, 15) is 0 Å². The summed E-state index contributed by atoms with van der Waals surface area (Å²) in [5.74, 6) is 1.61. The van der Waals surface area contributed by atoms with E-state index in [2.05, 4.69) is 15.9 Å². The van der Waals surface area contributed by atoms with Gasteiger partial charge in [0.15, 0.2) is 11.5 Å². The summed E-state index contributed by atoms with van der Waals surface area (Å²) in [4.78, 5) is 0. The molecule has 0 aliphatic carbocycles. The fourth-order valence-corrected chi connectivity index (χ4v) is 2.01. The summed E-state index contributed by atoms with van der Waals surface area (Å²) < 4.78 is 17.7. The van der Waals surface area contributed by atoms with E-state index < -0.39 is 0 Å². The van der Waals surface area contributed by atoms with E-state index in [-0.39, 0.29) is 12.2 Å². The molecule has 0 amide bonds. The van der Waals surface area contributed by atoms with Gasteiger partial charge in [-0.15, -0.1) is 0 Å². The van der Waals surface area contributed by atoms with Crippen LogP contribution in [-0.4, -0.2) is 25.9 Å². The molecule has 0 saturated carbocycles. The number of fused-ring (bicyclic) bond motifs is 1. The molecular weight excluding hydrogens is 272 g/mol. The van der Waals surface area contributed by atoms with Gasteiger partial charge < -0.3 is 14.2 Å². The van der Waals surface area contributed by atoms with Crippen LogP contribution in [0.3, 0.4) is 0 Å². The highest BCUT2D eigenvalue weighted by atomic mass is 79.9. The number of ether oxygens (including phenoxy) is 3. The zero-order valence-electron chi connectivity index (χ0n) is 9.40. The lowest BCUT2D eigenvalue weighted by atomic mass is 10.1. The number of hydrogen-bond donors (Lipinski definition) is 0. The molecule has 0 aromatic heterocycles. The molecule has 4 heteroatoms. The van der Waals surface area contributed by atoms with Gasteiger partial charge in [-0.05, 0) is 25.1 Å². The summed E-state index contributed by atoms with van der Waals surface area (Å²) in [7, 11) is 1.71. The van der Waals surface area contributed by atoms with E-state index in [1.54, 1.807) is 7.11 Å². The zero-order valence-corrected chi connectivity index (χ0v) is 11.0. The first-order valence-corrected chi connectivity index (χ1v) is 6.10. The first-order valence-electron chi connectivity index (χ1n) is 5.31. The van der Waals surface area contributed by atoms with Crippen LogP contribution in [0.5, 0.6) is 11.5 Å². The van der Waals surface area contributed by atoms with Crippen molar-refractivity contribution in [3.63, 3.8) is 0 Å². The molecule has 2 unspecified atom stereocenters. The van der Waals surface area contributed by atoms with Crippen LogP contribution in [-0.2, 0) is 4.74 Å². The van der Waals surface area contributed by atoms with Crippen molar-refractivity contribution in [2.24, 2.45) is 0 Å². The predicted molar refractivity (Wildman–Crippen MR) is 65.1 cm³/mol. The molecule has 1 heterocycles. The summed E-state index contributed by atoms with van der Waals surface area (Å²) in [6.45, 7) is 2.61. The van der Waals surface area contributed by atoms with Crippen molar-refractivity contribution in [1.82, 2.24) is 0 Å². The van der Waals surface area contributed by atoms with Gasteiger partial charge in [-0.1, -0.05) is 15.9 Å². The second-order valence-corrected chi connectivity index (χ2v) is 4.84. The van der Waals surface area contributed by atoms with Crippen molar-refractivity contribution in [1.29, 1.82) is 0 Å². The molecule has 2 atom stereocenters. The first-order chi connectivity index (χ1) is 7.69. The Balaban J connectivity index is 2.05. The van der Waals surface area contributed by atoms with Crippen molar-refractivity contribution in [3.05, 3.63) is 22.7 Å². The summed E-state index contributed by atoms with van der Waals surface area (Å²) in [5.41, 5.74) is 0. The number of benzene rings is 1. The quantitative estimate of drug-likeness (QED) is 0.855. The summed E-state index contributed by atoms with van der Waals surface area (Å²) >= 11 is 3.41. The Morgan fingerprint density at radius 3 is 3.06 bits per heavy atom. The highest BCUT2D eigenvalue weighted by Crippen LogP contribution is 2.34. The lowest BCUT2D eigenvalue weighted by Crippen LogP contribution is -2.32. The Labute approximate surface area is 104 Å². The lowest BCUT2D eigenvalue weighted by molar-refractivity contribution is 0.0294. The van der Waals surface area contributed by atoms with Crippen LogP contribution in [0.1, 0.15) is 13.3 Å². The maximum absolute atomic E-state index is 5.85. The molecule has 0 spiro atoms. The van der Waals surface area contributed by atoms with E-state index in [4.69, 9.17) is 14.2 Å². The third-order valence-corrected chi connectivity index (χ3v) is 3.11. The Morgan fingerprint density at radius 2 is 2.31 bits per heavy atom. The van der Waals surface area contributed by atoms with Crippen molar-refractivity contribution < 1.29 is 14.2 Å². The van der Waals surface area contributed by atoms with Crippen molar-refractivity contribution in [2.45, 2.75) is 25.6 Å². The van der Waals surface area contributed by atoms with Crippen LogP contribution in [0, 0.1) is 0 Å². The minimum Gasteiger partial charge on any atom is -0.486 e. The van der Waals surface area contributed by atoms with Crippen molar-refractivity contribution in [3.8, 4) is 11.5 Å². The van der Waals surface area contributed by atoms with Crippen LogP contribution >= 0.6 is 15.9 Å². The van der Waals surface area contributed by atoms with E-state index >= 15 is 0 Å². The van der Waals surface area contributed by atoms with Gasteiger partial charge in [-0.2, -0.15) is 0 Å². The summed E-state index contributed by atoms with van der Waals surface area (Å²) in [6, 6.07) is 5.79. The maximum Gasteiger partial charge on any atom is 0.162 e. The molecule has 0 N–H and O–H groups in total. The number of halogens is 1. The van der Waals surface area contributed by atoms with Gasteiger partial charge in [0, 0.05) is 18.0 Å². The van der Waals surface area contributed by atoms with Gasteiger partial charge >= 0.3 is 0 Å². The largest absolute Gasteiger partial charge is 0.486 e. The molecule has 3 nitrogen and oxygen atoms in total. The Hall–Kier alpha value is -0.740. The second-order valence-electron chi connectivity index (χ2n) is 3.92. The van der Waals surface area contributed by atoms with Crippen LogP contribution in [0.2, 0.25) is 0 Å². The van der Waals surface area contributed by atoms with Crippen molar-refractivity contribution in [2.75, 3.05) is 13.7 Å². The molecule has 2 rings (SSSR count). The zero-order chi connectivity index (χ0) is 11.5. The third-order valence-electron chi connectivity index (χ3n) is 2.62. The molecule has 1 aliphatic rings. The molecule has 0 saturated heterocycles. The summed E-state index contributed by atoms with van der Waals surface area (Å²) in [5, 5.41) is 0. The third kappa shape index (κ3) is 2.68. The Bertz CT molecular complexity index is 367. The molecular formula is C12H15BrO3. The monoisotopic (exact) mass is 286 g/mol. The molecule has 1 aromatic carbocycles. The highest BCUT2D eigenvalue weighted by molar-refractivity contribution is 9.10. The lowest BCUT2D eigenvalue weighted by Gasteiger charge is -2.28. The first kappa shape index (κ1) is 11.7. The average Bonchev–Trinajstić information content (AvgIpc) is 2.28. The molecule has 0 bridgehead atoms. The van der Waals surface area contributed by atoms with E-state index in [0.717, 1.165) is 22.4 Å². The number of methoxy groups -OCH3 is 1.